The van der Waals surface area contributed by atoms with Crippen LogP contribution >= 0.6 is 0 Å². The Labute approximate surface area is 128 Å². The Morgan fingerprint density at radius 3 is 2.43 bits per heavy atom. The summed E-state index contributed by atoms with van der Waals surface area (Å²) >= 11 is 0. The van der Waals surface area contributed by atoms with E-state index < -0.39 is 29.2 Å². The van der Waals surface area contributed by atoms with Crippen molar-refractivity contribution in [1.29, 1.82) is 0 Å². The molecule has 0 aliphatic carbocycles. The molecule has 3 rings (SSSR count). The molecule has 0 aliphatic heterocycles. The highest BCUT2D eigenvalue weighted by Crippen LogP contribution is 2.22. The van der Waals surface area contributed by atoms with Gasteiger partial charge < -0.3 is 9.88 Å². The molecule has 3 aromatic rings. The average Bonchev–Trinajstić information content (AvgIpc) is 2.96. The zero-order chi connectivity index (χ0) is 16.4. The van der Waals surface area contributed by atoms with Crippen molar-refractivity contribution >= 4 is 16.7 Å². The molecule has 0 fully saturated rings. The fourth-order valence-corrected chi connectivity index (χ4v) is 2.29. The van der Waals surface area contributed by atoms with Gasteiger partial charge in [0.1, 0.15) is 5.69 Å². The van der Waals surface area contributed by atoms with Crippen molar-refractivity contribution in [1.82, 2.24) is 14.5 Å². The van der Waals surface area contributed by atoms with Crippen LogP contribution in [0.5, 0.6) is 0 Å². The predicted molar refractivity (Wildman–Crippen MR) is 76.9 cm³/mol. The summed E-state index contributed by atoms with van der Waals surface area (Å²) in [5, 5.41) is 2.37. The number of aryl methyl sites for hydroxylation is 1. The lowest BCUT2D eigenvalue weighted by Gasteiger charge is -2.10. The van der Waals surface area contributed by atoms with E-state index in [9.17, 15) is 17.6 Å². The van der Waals surface area contributed by atoms with Crippen LogP contribution in [0.15, 0.2) is 30.6 Å². The topological polar surface area (TPSA) is 42.7 Å². The number of nitrogens with one attached hydrogen (secondary N) is 1. The largest absolute Gasteiger partial charge is 0.380 e. The predicted octanol–water partition coefficient (Wildman–Crippen LogP) is 3.49. The second kappa shape index (κ2) is 6.23. The van der Waals surface area contributed by atoms with Gasteiger partial charge in [-0.3, -0.25) is 0 Å². The van der Waals surface area contributed by atoms with Crippen LogP contribution in [0.1, 0.15) is 6.42 Å². The number of aromatic nitrogens is 3. The zero-order valence-corrected chi connectivity index (χ0v) is 11.9. The summed E-state index contributed by atoms with van der Waals surface area (Å²) in [5.74, 6) is -6.41. The van der Waals surface area contributed by atoms with Gasteiger partial charge in [-0.15, -0.1) is 0 Å². The minimum atomic E-state index is -1.67. The number of hydrogen-bond donors (Lipinski definition) is 1. The summed E-state index contributed by atoms with van der Waals surface area (Å²) in [6.45, 7) is 0.663. The highest BCUT2D eigenvalue weighted by molar-refractivity contribution is 5.74. The molecule has 0 bridgehead atoms. The van der Waals surface area contributed by atoms with Gasteiger partial charge in [0.25, 0.3) is 11.9 Å². The molecular formula is C15H12F4N4. The van der Waals surface area contributed by atoms with Crippen molar-refractivity contribution < 1.29 is 17.6 Å². The zero-order valence-electron chi connectivity index (χ0n) is 11.9. The highest BCUT2D eigenvalue weighted by Gasteiger charge is 2.20. The van der Waals surface area contributed by atoms with Crippen molar-refractivity contribution in [2.24, 2.45) is 0 Å². The summed E-state index contributed by atoms with van der Waals surface area (Å²) < 4.78 is 54.7. The molecule has 2 aromatic heterocycles. The molecule has 1 aromatic carbocycles. The van der Waals surface area contributed by atoms with E-state index in [1.807, 2.05) is 28.8 Å². The highest BCUT2D eigenvalue weighted by atomic mass is 19.2. The molecule has 0 radical (unpaired) electrons. The smallest absolute Gasteiger partial charge is 0.253 e. The molecule has 0 saturated carbocycles. The number of pyridine rings is 1. The number of para-hydroxylation sites is 2. The van der Waals surface area contributed by atoms with Gasteiger partial charge in [0.05, 0.1) is 17.4 Å². The fraction of sp³-hybridized carbons (Fsp3) is 0.200. The summed E-state index contributed by atoms with van der Waals surface area (Å²) in [7, 11) is 0. The van der Waals surface area contributed by atoms with Crippen LogP contribution in [0.3, 0.4) is 0 Å². The number of benzene rings is 1. The van der Waals surface area contributed by atoms with Gasteiger partial charge in [0.2, 0.25) is 11.6 Å². The molecule has 23 heavy (non-hydrogen) atoms. The van der Waals surface area contributed by atoms with Crippen LogP contribution in [-0.2, 0) is 6.54 Å². The molecule has 0 unspecified atom stereocenters. The monoisotopic (exact) mass is 324 g/mol. The standard InChI is InChI=1S/C15H12F4N4/c16-11-13(12(17)15(19)22-14(11)18)20-6-3-7-23-8-21-9-4-1-2-5-10(9)23/h1-2,4-5,8H,3,6-7H2,(H,20,22). The fourth-order valence-electron chi connectivity index (χ4n) is 2.29. The maximum absolute atomic E-state index is 13.4. The van der Waals surface area contributed by atoms with Gasteiger partial charge in [-0.25, -0.2) is 4.98 Å². The third kappa shape index (κ3) is 2.96. The van der Waals surface area contributed by atoms with Gasteiger partial charge >= 0.3 is 0 Å². The summed E-state index contributed by atoms with van der Waals surface area (Å²) in [5.41, 5.74) is 0.937. The van der Waals surface area contributed by atoms with E-state index in [4.69, 9.17) is 0 Å². The van der Waals surface area contributed by atoms with E-state index in [1.165, 1.54) is 0 Å². The lowest BCUT2D eigenvalue weighted by molar-refractivity contribution is 0.410. The van der Waals surface area contributed by atoms with E-state index in [0.717, 1.165) is 11.0 Å². The molecule has 0 amide bonds. The second-order valence-corrected chi connectivity index (χ2v) is 4.90. The SMILES string of the molecule is Fc1nc(F)c(F)c(NCCCn2cnc3ccccc32)c1F. The van der Waals surface area contributed by atoms with E-state index in [-0.39, 0.29) is 6.54 Å². The molecule has 0 saturated heterocycles. The molecule has 8 heteroatoms. The van der Waals surface area contributed by atoms with Crippen molar-refractivity contribution in [2.75, 3.05) is 11.9 Å². The van der Waals surface area contributed by atoms with E-state index >= 15 is 0 Å². The lowest BCUT2D eigenvalue weighted by atomic mass is 10.3. The minimum Gasteiger partial charge on any atom is -0.380 e. The Hall–Kier alpha value is -2.64. The third-order valence-corrected chi connectivity index (χ3v) is 3.40. The van der Waals surface area contributed by atoms with E-state index in [0.29, 0.717) is 13.0 Å². The number of rotatable bonds is 5. The van der Waals surface area contributed by atoms with Gasteiger partial charge in [0, 0.05) is 13.1 Å². The van der Waals surface area contributed by atoms with E-state index in [1.54, 1.807) is 6.33 Å². The molecule has 0 atom stereocenters. The number of hydrogen-bond acceptors (Lipinski definition) is 3. The summed E-state index contributed by atoms with van der Waals surface area (Å²) in [4.78, 5) is 6.72. The van der Waals surface area contributed by atoms with Crippen LogP contribution in [0, 0.1) is 23.5 Å². The van der Waals surface area contributed by atoms with Crippen LogP contribution in [0.4, 0.5) is 23.2 Å². The van der Waals surface area contributed by atoms with Crippen LogP contribution < -0.4 is 5.32 Å². The maximum atomic E-state index is 13.4. The number of halogens is 4. The van der Waals surface area contributed by atoms with Crippen LogP contribution in [0.2, 0.25) is 0 Å². The molecule has 0 spiro atoms. The molecule has 4 nitrogen and oxygen atoms in total. The number of nitrogens with zero attached hydrogens (tertiary/aromatic N) is 3. The lowest BCUT2D eigenvalue weighted by Crippen LogP contribution is -2.12. The Kier molecular flexibility index (Phi) is 4.14. The van der Waals surface area contributed by atoms with Gasteiger partial charge in [-0.1, -0.05) is 12.1 Å². The average molecular weight is 324 g/mol. The molecule has 120 valence electrons. The van der Waals surface area contributed by atoms with Crippen LogP contribution in [-0.4, -0.2) is 21.1 Å². The van der Waals surface area contributed by atoms with E-state index in [2.05, 4.69) is 15.3 Å². The Bertz CT molecular complexity index is 821. The third-order valence-electron chi connectivity index (χ3n) is 3.40. The first-order chi connectivity index (χ1) is 11.1. The van der Waals surface area contributed by atoms with Crippen molar-refractivity contribution in [3.63, 3.8) is 0 Å². The van der Waals surface area contributed by atoms with Crippen molar-refractivity contribution in [3.05, 3.63) is 54.1 Å². The minimum absolute atomic E-state index is 0.128. The molecule has 2 heterocycles. The molecule has 0 aliphatic rings. The number of anilines is 1. The van der Waals surface area contributed by atoms with Crippen molar-refractivity contribution in [3.8, 4) is 0 Å². The first kappa shape index (κ1) is 15.3. The normalized spacial score (nSPS) is 11.1. The number of imidazole rings is 1. The quantitative estimate of drug-likeness (QED) is 0.444. The first-order valence-corrected chi connectivity index (χ1v) is 6.91. The number of fused-ring (bicyclic) bond motifs is 1. The summed E-state index contributed by atoms with van der Waals surface area (Å²) in [6, 6.07) is 7.53. The van der Waals surface area contributed by atoms with Crippen molar-refractivity contribution in [2.45, 2.75) is 13.0 Å². The van der Waals surface area contributed by atoms with Crippen LogP contribution in [0.25, 0.3) is 11.0 Å². The molecule has 1 N–H and O–H groups in total. The summed E-state index contributed by atoms with van der Waals surface area (Å²) in [6.07, 6.45) is 2.14. The molecular weight excluding hydrogens is 312 g/mol. The first-order valence-electron chi connectivity index (χ1n) is 6.91. The van der Waals surface area contributed by atoms with Gasteiger partial charge in [-0.05, 0) is 18.6 Å². The maximum Gasteiger partial charge on any atom is 0.253 e. The van der Waals surface area contributed by atoms with Gasteiger partial charge in [-0.2, -0.15) is 22.5 Å². The van der Waals surface area contributed by atoms with Gasteiger partial charge in [0.15, 0.2) is 0 Å². The second-order valence-electron chi connectivity index (χ2n) is 4.90. The Balaban J connectivity index is 1.65. The Morgan fingerprint density at radius 2 is 1.70 bits per heavy atom. The Morgan fingerprint density at radius 1 is 1.00 bits per heavy atom.